The van der Waals surface area contributed by atoms with Crippen LogP contribution in [-0.4, -0.2) is 33.7 Å². The highest BCUT2D eigenvalue weighted by Crippen LogP contribution is 2.16. The smallest absolute Gasteiger partial charge is 0.322 e. The molecule has 0 spiro atoms. The van der Waals surface area contributed by atoms with E-state index < -0.39 is 29.5 Å². The van der Waals surface area contributed by atoms with Crippen molar-refractivity contribution in [3.8, 4) is 0 Å². The van der Waals surface area contributed by atoms with Crippen molar-refractivity contribution in [3.63, 3.8) is 0 Å². The first-order valence-electron chi connectivity index (χ1n) is 6.31. The van der Waals surface area contributed by atoms with E-state index in [1.165, 1.54) is 0 Å². The number of hydrogen-bond donors (Lipinski definition) is 2. The van der Waals surface area contributed by atoms with Crippen LogP contribution in [0.4, 0.5) is 0 Å². The highest BCUT2D eigenvalue weighted by Gasteiger charge is 2.36. The average molecular weight is 280 g/mol. The molecular formula is C14H20N2O4. The van der Waals surface area contributed by atoms with Gasteiger partial charge in [-0.3, -0.25) is 14.6 Å². The molecule has 3 N–H and O–H groups in total. The molecule has 0 aliphatic heterocycles. The van der Waals surface area contributed by atoms with Crippen molar-refractivity contribution in [2.24, 2.45) is 11.7 Å². The van der Waals surface area contributed by atoms with Gasteiger partial charge >= 0.3 is 11.9 Å². The van der Waals surface area contributed by atoms with Crippen LogP contribution in [-0.2, 0) is 20.7 Å². The molecule has 0 radical (unpaired) electrons. The molecule has 1 rings (SSSR count). The maximum absolute atomic E-state index is 11.9. The Kier molecular flexibility index (Phi) is 5.21. The van der Waals surface area contributed by atoms with Crippen molar-refractivity contribution in [1.82, 2.24) is 4.98 Å². The number of carbonyl (C=O) groups excluding carboxylic acids is 1. The van der Waals surface area contributed by atoms with Crippen LogP contribution in [0.25, 0.3) is 0 Å². The molecule has 2 unspecified atom stereocenters. The molecule has 1 aromatic rings. The van der Waals surface area contributed by atoms with Gasteiger partial charge in [0.2, 0.25) is 0 Å². The van der Waals surface area contributed by atoms with Crippen LogP contribution in [0.15, 0.2) is 24.5 Å². The molecule has 20 heavy (non-hydrogen) atoms. The van der Waals surface area contributed by atoms with E-state index in [1.54, 1.807) is 45.3 Å². The van der Waals surface area contributed by atoms with Crippen molar-refractivity contribution in [2.45, 2.75) is 38.8 Å². The Labute approximate surface area is 118 Å². The topological polar surface area (TPSA) is 103 Å². The number of hydrogen-bond acceptors (Lipinski definition) is 5. The van der Waals surface area contributed by atoms with Crippen LogP contribution in [0.5, 0.6) is 0 Å². The molecule has 0 aliphatic carbocycles. The monoisotopic (exact) mass is 280 g/mol. The first kappa shape index (κ1) is 16.1. The van der Waals surface area contributed by atoms with Crippen LogP contribution < -0.4 is 5.73 Å². The number of carboxylic acid groups (broad SMARTS) is 1. The number of pyridine rings is 1. The number of nitrogens with zero attached hydrogens (tertiary/aromatic N) is 1. The van der Waals surface area contributed by atoms with Gasteiger partial charge in [0, 0.05) is 18.4 Å². The number of aromatic nitrogens is 1. The molecule has 110 valence electrons. The average Bonchev–Trinajstić information content (AvgIpc) is 2.26. The molecule has 0 amide bonds. The Morgan fingerprint density at radius 3 is 2.35 bits per heavy atom. The number of rotatable bonds is 5. The Bertz CT molecular complexity index is 468. The summed E-state index contributed by atoms with van der Waals surface area (Å²) in [5.41, 5.74) is 5.94. The van der Waals surface area contributed by atoms with E-state index in [1.807, 2.05) is 0 Å². The lowest BCUT2D eigenvalue weighted by molar-refractivity contribution is -0.167. The van der Waals surface area contributed by atoms with Crippen LogP contribution in [0.1, 0.15) is 26.3 Å². The number of nitrogens with two attached hydrogens (primary N) is 1. The number of aliphatic carboxylic acids is 1. The normalized spacial score (nSPS) is 14.4. The second-order valence-corrected chi connectivity index (χ2v) is 5.57. The summed E-state index contributed by atoms with van der Waals surface area (Å²) in [6.07, 6.45) is 3.44. The van der Waals surface area contributed by atoms with Gasteiger partial charge in [0.15, 0.2) is 5.92 Å². The van der Waals surface area contributed by atoms with Crippen molar-refractivity contribution < 1.29 is 19.4 Å². The summed E-state index contributed by atoms with van der Waals surface area (Å²) in [6, 6.07) is 2.60. The zero-order chi connectivity index (χ0) is 15.3. The fourth-order valence-corrected chi connectivity index (χ4v) is 1.73. The van der Waals surface area contributed by atoms with Gasteiger partial charge < -0.3 is 15.6 Å². The number of carboxylic acids is 1. The number of ether oxygens (including phenoxy) is 1. The summed E-state index contributed by atoms with van der Waals surface area (Å²) in [5.74, 6) is -3.48. The third-order valence-electron chi connectivity index (χ3n) is 2.58. The third-order valence-corrected chi connectivity index (χ3v) is 2.58. The second-order valence-electron chi connectivity index (χ2n) is 5.57. The van der Waals surface area contributed by atoms with Gasteiger partial charge in [-0.05, 0) is 44.9 Å². The van der Waals surface area contributed by atoms with Crippen LogP contribution in [0.2, 0.25) is 0 Å². The SMILES string of the molecule is CC(C)(C)OC(=O)C(C(=O)O)C(N)Cc1ccncc1. The molecule has 0 bridgehead atoms. The minimum atomic E-state index is -1.39. The van der Waals surface area contributed by atoms with Gasteiger partial charge in [-0.25, -0.2) is 0 Å². The van der Waals surface area contributed by atoms with Crippen molar-refractivity contribution in [3.05, 3.63) is 30.1 Å². The summed E-state index contributed by atoms with van der Waals surface area (Å²) in [7, 11) is 0. The first-order valence-corrected chi connectivity index (χ1v) is 6.31. The Morgan fingerprint density at radius 2 is 1.90 bits per heavy atom. The van der Waals surface area contributed by atoms with Gasteiger partial charge in [0.05, 0.1) is 0 Å². The summed E-state index contributed by atoms with van der Waals surface area (Å²) < 4.78 is 5.11. The summed E-state index contributed by atoms with van der Waals surface area (Å²) in [4.78, 5) is 27.1. The van der Waals surface area contributed by atoms with Crippen LogP contribution in [0.3, 0.4) is 0 Å². The second kappa shape index (κ2) is 6.47. The zero-order valence-electron chi connectivity index (χ0n) is 11.9. The molecule has 0 aromatic carbocycles. The summed E-state index contributed by atoms with van der Waals surface area (Å²) in [6.45, 7) is 5.04. The fourth-order valence-electron chi connectivity index (χ4n) is 1.73. The Morgan fingerprint density at radius 1 is 1.35 bits per heavy atom. The largest absolute Gasteiger partial charge is 0.481 e. The maximum Gasteiger partial charge on any atom is 0.322 e. The predicted octanol–water partition coefficient (Wildman–Crippen LogP) is 0.994. The van der Waals surface area contributed by atoms with Crippen molar-refractivity contribution in [1.29, 1.82) is 0 Å². The highest BCUT2D eigenvalue weighted by atomic mass is 16.6. The van der Waals surface area contributed by atoms with Crippen molar-refractivity contribution in [2.75, 3.05) is 0 Å². The van der Waals surface area contributed by atoms with E-state index in [-0.39, 0.29) is 6.42 Å². The van der Waals surface area contributed by atoms with Crippen LogP contribution >= 0.6 is 0 Å². The first-order chi connectivity index (χ1) is 9.20. The quantitative estimate of drug-likeness (QED) is 0.616. The van der Waals surface area contributed by atoms with Gasteiger partial charge in [-0.1, -0.05) is 0 Å². The number of carbonyl (C=O) groups is 2. The zero-order valence-corrected chi connectivity index (χ0v) is 11.9. The molecule has 0 aliphatic rings. The van der Waals surface area contributed by atoms with Gasteiger partial charge in [-0.15, -0.1) is 0 Å². The molecular weight excluding hydrogens is 260 g/mol. The third kappa shape index (κ3) is 4.97. The van der Waals surface area contributed by atoms with Gasteiger partial charge in [0.25, 0.3) is 0 Å². The minimum Gasteiger partial charge on any atom is -0.481 e. The lowest BCUT2D eigenvalue weighted by Crippen LogP contribution is -2.45. The Balaban J connectivity index is 2.80. The summed E-state index contributed by atoms with van der Waals surface area (Å²) in [5, 5.41) is 9.20. The lowest BCUT2D eigenvalue weighted by atomic mass is 9.94. The maximum atomic E-state index is 11.9. The van der Waals surface area contributed by atoms with E-state index in [2.05, 4.69) is 4.98 Å². The van der Waals surface area contributed by atoms with Crippen LogP contribution in [0, 0.1) is 5.92 Å². The minimum absolute atomic E-state index is 0.263. The predicted molar refractivity (Wildman–Crippen MR) is 72.9 cm³/mol. The molecule has 6 nitrogen and oxygen atoms in total. The molecule has 2 atom stereocenters. The highest BCUT2D eigenvalue weighted by molar-refractivity contribution is 5.95. The number of esters is 1. The Hall–Kier alpha value is -1.95. The van der Waals surface area contributed by atoms with Gasteiger partial charge in [-0.2, -0.15) is 0 Å². The van der Waals surface area contributed by atoms with Gasteiger partial charge in [0.1, 0.15) is 5.60 Å². The molecule has 1 heterocycles. The van der Waals surface area contributed by atoms with E-state index in [4.69, 9.17) is 10.5 Å². The summed E-state index contributed by atoms with van der Waals surface area (Å²) >= 11 is 0. The van der Waals surface area contributed by atoms with Crippen molar-refractivity contribution >= 4 is 11.9 Å². The lowest BCUT2D eigenvalue weighted by Gasteiger charge is -2.25. The van der Waals surface area contributed by atoms with E-state index in [9.17, 15) is 14.7 Å². The van der Waals surface area contributed by atoms with E-state index in [0.717, 1.165) is 5.56 Å². The van der Waals surface area contributed by atoms with E-state index in [0.29, 0.717) is 0 Å². The molecule has 0 saturated carbocycles. The standard InChI is InChI=1S/C14H20N2O4/c1-14(2,3)20-13(19)11(12(17)18)10(15)8-9-4-6-16-7-5-9/h4-7,10-11H,8,15H2,1-3H3,(H,17,18). The fraction of sp³-hybridized carbons (Fsp3) is 0.500. The molecule has 0 saturated heterocycles. The van der Waals surface area contributed by atoms with E-state index >= 15 is 0 Å². The molecule has 0 fully saturated rings. The molecule has 6 heteroatoms. The molecule has 1 aromatic heterocycles.